The maximum Gasteiger partial charge on any atom is 0.0902 e. The molecule has 2 atom stereocenters. The first-order valence-electron chi connectivity index (χ1n) is 7.49. The molecule has 3 heterocycles. The minimum Gasteiger partial charge on any atom is -0.371 e. The number of nitrogens with zero attached hydrogens (tertiary/aromatic N) is 2. The summed E-state index contributed by atoms with van der Waals surface area (Å²) in [5.74, 6) is 0. The molecule has 0 aliphatic carbocycles. The van der Waals surface area contributed by atoms with Crippen molar-refractivity contribution in [2.45, 2.75) is 44.4 Å². The first kappa shape index (κ1) is 12.9. The first-order valence-corrected chi connectivity index (χ1v) is 7.49. The molecule has 18 heavy (non-hydrogen) atoms. The van der Waals surface area contributed by atoms with Gasteiger partial charge in [0.1, 0.15) is 0 Å². The predicted octanol–water partition coefficient (Wildman–Crippen LogP) is 0.533. The fraction of sp³-hybridized carbons (Fsp3) is 1.00. The average Bonchev–Trinajstić information content (AvgIpc) is 2.74. The van der Waals surface area contributed by atoms with E-state index < -0.39 is 0 Å². The Morgan fingerprint density at radius 2 is 2.17 bits per heavy atom. The van der Waals surface area contributed by atoms with E-state index >= 15 is 0 Å². The van der Waals surface area contributed by atoms with E-state index in [0.29, 0.717) is 6.04 Å². The highest BCUT2D eigenvalue weighted by molar-refractivity contribution is 4.92. The molecule has 3 saturated heterocycles. The van der Waals surface area contributed by atoms with Gasteiger partial charge in [0.05, 0.1) is 12.2 Å². The number of fused-ring (bicyclic) bond motifs is 1. The highest BCUT2D eigenvalue weighted by Gasteiger charge is 2.35. The molecule has 0 amide bonds. The maximum absolute atomic E-state index is 6.01. The van der Waals surface area contributed by atoms with Gasteiger partial charge in [0.15, 0.2) is 0 Å². The van der Waals surface area contributed by atoms with Crippen LogP contribution in [0.25, 0.3) is 0 Å². The Kier molecular flexibility index (Phi) is 3.63. The third-order valence-electron chi connectivity index (χ3n) is 4.89. The smallest absolute Gasteiger partial charge is 0.0902 e. The van der Waals surface area contributed by atoms with Gasteiger partial charge < -0.3 is 10.1 Å². The van der Waals surface area contributed by atoms with Gasteiger partial charge in [-0.05, 0) is 33.2 Å². The Morgan fingerprint density at radius 3 is 2.89 bits per heavy atom. The zero-order valence-electron chi connectivity index (χ0n) is 11.8. The molecule has 1 N–H and O–H groups in total. The maximum atomic E-state index is 6.01. The number of hydrogen-bond acceptors (Lipinski definition) is 4. The number of piperazine rings is 1. The van der Waals surface area contributed by atoms with E-state index in [1.54, 1.807) is 0 Å². The molecule has 2 unspecified atom stereocenters. The second-order valence-corrected chi connectivity index (χ2v) is 6.54. The second kappa shape index (κ2) is 5.08. The average molecular weight is 253 g/mol. The largest absolute Gasteiger partial charge is 0.371 e. The molecule has 4 nitrogen and oxygen atoms in total. The third kappa shape index (κ3) is 2.57. The van der Waals surface area contributed by atoms with Gasteiger partial charge in [0.2, 0.25) is 0 Å². The molecule has 0 radical (unpaired) electrons. The summed E-state index contributed by atoms with van der Waals surface area (Å²) in [6, 6.07) is 1.51. The van der Waals surface area contributed by atoms with Gasteiger partial charge in [-0.2, -0.15) is 0 Å². The van der Waals surface area contributed by atoms with Crippen LogP contribution in [0.1, 0.15) is 26.7 Å². The van der Waals surface area contributed by atoms with Crippen molar-refractivity contribution in [3.63, 3.8) is 0 Å². The van der Waals surface area contributed by atoms with Crippen molar-refractivity contribution < 1.29 is 4.74 Å². The van der Waals surface area contributed by atoms with E-state index in [9.17, 15) is 0 Å². The molecule has 0 spiro atoms. The monoisotopic (exact) mass is 253 g/mol. The van der Waals surface area contributed by atoms with Crippen molar-refractivity contribution >= 4 is 0 Å². The summed E-state index contributed by atoms with van der Waals surface area (Å²) in [4.78, 5) is 5.31. The summed E-state index contributed by atoms with van der Waals surface area (Å²) in [5.41, 5.74) is 0.110. The molecule has 0 aromatic rings. The lowest BCUT2D eigenvalue weighted by molar-refractivity contribution is -0.0788. The lowest BCUT2D eigenvalue weighted by Gasteiger charge is -2.43. The van der Waals surface area contributed by atoms with E-state index in [-0.39, 0.29) is 5.60 Å². The molecule has 104 valence electrons. The molecule has 3 aliphatic heterocycles. The zero-order valence-corrected chi connectivity index (χ0v) is 11.8. The SMILES string of the molecule is CC1CN2CCCC2CN1CCOC1(C)CNC1. The van der Waals surface area contributed by atoms with Crippen molar-refractivity contribution in [2.24, 2.45) is 0 Å². The Bertz CT molecular complexity index is 293. The molecule has 0 saturated carbocycles. The van der Waals surface area contributed by atoms with Crippen molar-refractivity contribution in [1.82, 2.24) is 15.1 Å². The quantitative estimate of drug-likeness (QED) is 0.791. The Labute approximate surface area is 111 Å². The van der Waals surface area contributed by atoms with E-state index in [1.165, 1.54) is 32.5 Å². The van der Waals surface area contributed by atoms with Crippen LogP contribution in [0.3, 0.4) is 0 Å². The third-order valence-corrected chi connectivity index (χ3v) is 4.89. The van der Waals surface area contributed by atoms with E-state index in [2.05, 4.69) is 29.0 Å². The van der Waals surface area contributed by atoms with Crippen molar-refractivity contribution in [3.8, 4) is 0 Å². The molecule has 3 fully saturated rings. The Hall–Kier alpha value is -0.160. The van der Waals surface area contributed by atoms with Crippen molar-refractivity contribution in [2.75, 3.05) is 45.9 Å². The minimum atomic E-state index is 0.110. The van der Waals surface area contributed by atoms with Gasteiger partial charge in [-0.1, -0.05) is 0 Å². The van der Waals surface area contributed by atoms with E-state index in [0.717, 1.165) is 32.3 Å². The van der Waals surface area contributed by atoms with Crippen LogP contribution in [0.4, 0.5) is 0 Å². The van der Waals surface area contributed by atoms with Gasteiger partial charge in [-0.3, -0.25) is 9.80 Å². The lowest BCUT2D eigenvalue weighted by atomic mass is 10.0. The molecule has 0 bridgehead atoms. The second-order valence-electron chi connectivity index (χ2n) is 6.54. The van der Waals surface area contributed by atoms with Gasteiger partial charge in [-0.15, -0.1) is 0 Å². The lowest BCUT2D eigenvalue weighted by Crippen LogP contribution is -2.60. The number of nitrogens with one attached hydrogen (secondary N) is 1. The van der Waals surface area contributed by atoms with Crippen LogP contribution >= 0.6 is 0 Å². The summed E-state index contributed by atoms with van der Waals surface area (Å²) in [7, 11) is 0. The van der Waals surface area contributed by atoms with Crippen LogP contribution in [0.15, 0.2) is 0 Å². The molecule has 0 aromatic heterocycles. The number of rotatable bonds is 4. The predicted molar refractivity (Wildman–Crippen MR) is 72.9 cm³/mol. The normalized spacial score (nSPS) is 36.3. The highest BCUT2D eigenvalue weighted by Crippen LogP contribution is 2.24. The van der Waals surface area contributed by atoms with Gasteiger partial charge in [-0.25, -0.2) is 0 Å². The first-order chi connectivity index (χ1) is 8.66. The molecule has 4 heteroatoms. The van der Waals surface area contributed by atoms with Crippen LogP contribution in [-0.2, 0) is 4.74 Å². The zero-order chi connectivity index (χ0) is 12.6. The summed E-state index contributed by atoms with van der Waals surface area (Å²) in [6.45, 7) is 12.4. The van der Waals surface area contributed by atoms with Crippen molar-refractivity contribution in [1.29, 1.82) is 0 Å². The topological polar surface area (TPSA) is 27.7 Å². The summed E-state index contributed by atoms with van der Waals surface area (Å²) >= 11 is 0. The van der Waals surface area contributed by atoms with Gasteiger partial charge in [0.25, 0.3) is 0 Å². The van der Waals surface area contributed by atoms with Gasteiger partial charge in [0, 0.05) is 44.8 Å². The summed E-state index contributed by atoms with van der Waals surface area (Å²) in [6.07, 6.45) is 2.79. The van der Waals surface area contributed by atoms with E-state index in [1.807, 2.05) is 0 Å². The molecule has 3 aliphatic rings. The van der Waals surface area contributed by atoms with Crippen LogP contribution in [0.5, 0.6) is 0 Å². The minimum absolute atomic E-state index is 0.110. The fourth-order valence-electron chi connectivity index (χ4n) is 3.55. The van der Waals surface area contributed by atoms with Crippen LogP contribution in [0, 0.1) is 0 Å². The van der Waals surface area contributed by atoms with E-state index in [4.69, 9.17) is 4.74 Å². The number of hydrogen-bond donors (Lipinski definition) is 1. The number of ether oxygens (including phenoxy) is 1. The highest BCUT2D eigenvalue weighted by atomic mass is 16.5. The fourth-order valence-corrected chi connectivity index (χ4v) is 3.55. The Morgan fingerprint density at radius 1 is 1.33 bits per heavy atom. The van der Waals surface area contributed by atoms with Crippen LogP contribution < -0.4 is 5.32 Å². The standard InChI is InChI=1S/C14H27N3O/c1-12-8-17-5-3-4-13(17)9-16(12)6-7-18-14(2)10-15-11-14/h12-13,15H,3-11H2,1-2H3. The summed E-state index contributed by atoms with van der Waals surface area (Å²) in [5, 5.41) is 3.28. The van der Waals surface area contributed by atoms with Crippen LogP contribution in [0.2, 0.25) is 0 Å². The van der Waals surface area contributed by atoms with Crippen LogP contribution in [-0.4, -0.2) is 73.4 Å². The van der Waals surface area contributed by atoms with Crippen molar-refractivity contribution in [3.05, 3.63) is 0 Å². The molecular formula is C14H27N3O. The van der Waals surface area contributed by atoms with Gasteiger partial charge >= 0.3 is 0 Å². The molecule has 3 rings (SSSR count). The summed E-state index contributed by atoms with van der Waals surface area (Å²) < 4.78 is 6.01. The molecule has 0 aromatic carbocycles. The Balaban J connectivity index is 1.44. The molecular weight excluding hydrogens is 226 g/mol.